The zero-order valence-corrected chi connectivity index (χ0v) is 15.2. The Labute approximate surface area is 157 Å². The van der Waals surface area contributed by atoms with Crippen molar-refractivity contribution in [3.8, 4) is 23.3 Å². The van der Waals surface area contributed by atoms with Crippen LogP contribution in [0.15, 0.2) is 42.5 Å². The maximum atomic E-state index is 12.3. The third kappa shape index (κ3) is 5.01. The van der Waals surface area contributed by atoms with Crippen molar-refractivity contribution in [1.82, 2.24) is 0 Å². The average molecular weight is 372 g/mol. The Bertz CT molecular complexity index is 838. The number of halogens is 1. The van der Waals surface area contributed by atoms with Gasteiger partial charge in [-0.15, -0.1) is 0 Å². The van der Waals surface area contributed by atoms with Gasteiger partial charge in [-0.2, -0.15) is 5.26 Å². The van der Waals surface area contributed by atoms with Crippen LogP contribution in [0.3, 0.4) is 0 Å². The minimum atomic E-state index is -0.165. The van der Waals surface area contributed by atoms with E-state index < -0.39 is 0 Å². The van der Waals surface area contributed by atoms with Crippen LogP contribution in [0.2, 0.25) is 5.02 Å². The second kappa shape index (κ2) is 9.50. The summed E-state index contributed by atoms with van der Waals surface area (Å²) in [4.78, 5) is 12.3. The van der Waals surface area contributed by atoms with E-state index in [0.29, 0.717) is 34.4 Å². The number of rotatable bonds is 8. The molecule has 0 saturated heterocycles. The van der Waals surface area contributed by atoms with Crippen molar-refractivity contribution in [3.05, 3.63) is 58.6 Å². The van der Waals surface area contributed by atoms with Gasteiger partial charge in [-0.1, -0.05) is 17.7 Å². The lowest BCUT2D eigenvalue weighted by Gasteiger charge is -2.11. The van der Waals surface area contributed by atoms with Gasteiger partial charge in [-0.25, -0.2) is 0 Å². The van der Waals surface area contributed by atoms with Crippen molar-refractivity contribution in [2.24, 2.45) is 0 Å². The summed E-state index contributed by atoms with van der Waals surface area (Å²) in [5, 5.41) is 8.90. The van der Waals surface area contributed by atoms with Gasteiger partial charge in [0.15, 0.2) is 23.9 Å². The predicted molar refractivity (Wildman–Crippen MR) is 100 cm³/mol. The molecule has 0 aliphatic carbocycles. The lowest BCUT2D eigenvalue weighted by molar-refractivity contribution is 0.104. The van der Waals surface area contributed by atoms with E-state index in [4.69, 9.17) is 31.1 Å². The van der Waals surface area contributed by atoms with Crippen LogP contribution in [0.25, 0.3) is 6.08 Å². The summed E-state index contributed by atoms with van der Waals surface area (Å²) in [7, 11) is 1.52. The normalized spacial score (nSPS) is 10.4. The molecule has 2 aromatic carbocycles. The number of hydrogen-bond donors (Lipinski definition) is 0. The number of carbonyl (C=O) groups excluding carboxylic acids is 1. The predicted octanol–water partition coefficient (Wildman–Crippen LogP) is 4.55. The molecule has 2 rings (SSSR count). The molecular formula is C20H18ClNO4. The van der Waals surface area contributed by atoms with Crippen LogP contribution < -0.4 is 14.2 Å². The number of methoxy groups -OCH3 is 1. The Morgan fingerprint density at radius 1 is 1.23 bits per heavy atom. The van der Waals surface area contributed by atoms with Gasteiger partial charge in [0.05, 0.1) is 18.7 Å². The summed E-state index contributed by atoms with van der Waals surface area (Å²) in [6, 6.07) is 11.9. The second-order valence-corrected chi connectivity index (χ2v) is 5.54. The fourth-order valence-electron chi connectivity index (χ4n) is 2.24. The van der Waals surface area contributed by atoms with Gasteiger partial charge in [0, 0.05) is 5.56 Å². The molecule has 0 aliphatic heterocycles. The van der Waals surface area contributed by atoms with E-state index in [9.17, 15) is 4.79 Å². The minimum Gasteiger partial charge on any atom is -0.491 e. The lowest BCUT2D eigenvalue weighted by Crippen LogP contribution is -1.97. The van der Waals surface area contributed by atoms with E-state index in [-0.39, 0.29) is 12.4 Å². The topological polar surface area (TPSA) is 68.5 Å². The third-order valence-electron chi connectivity index (χ3n) is 3.41. The Morgan fingerprint density at radius 3 is 2.58 bits per heavy atom. The van der Waals surface area contributed by atoms with E-state index in [0.717, 1.165) is 5.56 Å². The average Bonchev–Trinajstić information content (AvgIpc) is 2.65. The minimum absolute atomic E-state index is 0.0341. The molecule has 0 N–H and O–H groups in total. The van der Waals surface area contributed by atoms with Crippen molar-refractivity contribution in [2.45, 2.75) is 6.92 Å². The molecule has 0 atom stereocenters. The molecule has 0 radical (unpaired) electrons. The Morgan fingerprint density at radius 2 is 1.96 bits per heavy atom. The van der Waals surface area contributed by atoms with E-state index >= 15 is 0 Å². The standard InChI is InChI=1S/C20H18ClNO4/c1-3-25-19-13-14(12-17(21)20(19)24-2)4-9-18(23)15-5-7-16(8-6-15)26-11-10-22/h4-9,12-13H,3,11H2,1-2H3/b9-4+. The largest absolute Gasteiger partial charge is 0.491 e. The molecule has 0 fully saturated rings. The molecule has 0 bridgehead atoms. The van der Waals surface area contributed by atoms with Crippen molar-refractivity contribution in [2.75, 3.05) is 20.3 Å². The summed E-state index contributed by atoms with van der Waals surface area (Å²) in [5.41, 5.74) is 1.23. The van der Waals surface area contributed by atoms with Gasteiger partial charge in [0.25, 0.3) is 0 Å². The molecular weight excluding hydrogens is 354 g/mol. The fourth-order valence-corrected chi connectivity index (χ4v) is 2.54. The number of nitrogens with zero attached hydrogens (tertiary/aromatic N) is 1. The summed E-state index contributed by atoms with van der Waals surface area (Å²) in [6.45, 7) is 2.30. The number of hydrogen-bond acceptors (Lipinski definition) is 5. The van der Waals surface area contributed by atoms with Gasteiger partial charge < -0.3 is 14.2 Å². The fraction of sp³-hybridized carbons (Fsp3) is 0.200. The highest BCUT2D eigenvalue weighted by molar-refractivity contribution is 6.32. The summed E-state index contributed by atoms with van der Waals surface area (Å²) in [6.07, 6.45) is 3.12. The van der Waals surface area contributed by atoms with E-state index in [2.05, 4.69) is 0 Å². The van der Waals surface area contributed by atoms with Crippen LogP contribution in [0.4, 0.5) is 0 Å². The molecule has 0 aromatic heterocycles. The van der Waals surface area contributed by atoms with Crippen molar-refractivity contribution < 1.29 is 19.0 Å². The Hall–Kier alpha value is -2.97. The second-order valence-electron chi connectivity index (χ2n) is 5.14. The molecule has 0 saturated carbocycles. The van der Waals surface area contributed by atoms with Gasteiger partial charge in [-0.3, -0.25) is 4.79 Å². The Kier molecular flexibility index (Phi) is 7.07. The quantitative estimate of drug-likeness (QED) is 0.503. The SMILES string of the molecule is CCOc1cc(/C=C/C(=O)c2ccc(OCC#N)cc2)cc(Cl)c1OC. The smallest absolute Gasteiger partial charge is 0.185 e. The van der Waals surface area contributed by atoms with E-state index in [1.165, 1.54) is 13.2 Å². The molecule has 0 unspecified atom stereocenters. The van der Waals surface area contributed by atoms with Crippen molar-refractivity contribution in [3.63, 3.8) is 0 Å². The zero-order valence-electron chi connectivity index (χ0n) is 14.5. The number of ether oxygens (including phenoxy) is 3. The van der Waals surface area contributed by atoms with Crippen molar-refractivity contribution >= 4 is 23.5 Å². The summed E-state index contributed by atoms with van der Waals surface area (Å²) in [5.74, 6) is 1.36. The van der Waals surface area contributed by atoms with Crippen LogP contribution in [-0.2, 0) is 0 Å². The molecule has 0 spiro atoms. The first-order valence-corrected chi connectivity index (χ1v) is 8.29. The maximum absolute atomic E-state index is 12.3. The third-order valence-corrected chi connectivity index (χ3v) is 3.69. The van der Waals surface area contributed by atoms with E-state index in [1.807, 2.05) is 13.0 Å². The molecule has 0 aliphatic rings. The first-order valence-electron chi connectivity index (χ1n) is 7.91. The highest BCUT2D eigenvalue weighted by atomic mass is 35.5. The highest BCUT2D eigenvalue weighted by Gasteiger charge is 2.11. The molecule has 0 heterocycles. The summed E-state index contributed by atoms with van der Waals surface area (Å²) >= 11 is 6.20. The molecule has 0 amide bonds. The van der Waals surface area contributed by atoms with Crippen molar-refractivity contribution in [1.29, 1.82) is 5.26 Å². The summed E-state index contributed by atoms with van der Waals surface area (Å²) < 4.78 is 15.9. The van der Waals surface area contributed by atoms with Crippen LogP contribution >= 0.6 is 11.6 Å². The van der Waals surface area contributed by atoms with Gasteiger partial charge >= 0.3 is 0 Å². The molecule has 134 valence electrons. The Balaban J connectivity index is 2.16. The molecule has 6 heteroatoms. The number of carbonyl (C=O) groups is 1. The number of benzene rings is 2. The van der Waals surface area contributed by atoms with Crippen LogP contribution in [0, 0.1) is 11.3 Å². The first-order chi connectivity index (χ1) is 12.6. The molecule has 5 nitrogen and oxygen atoms in total. The number of nitriles is 1. The molecule has 26 heavy (non-hydrogen) atoms. The maximum Gasteiger partial charge on any atom is 0.185 e. The highest BCUT2D eigenvalue weighted by Crippen LogP contribution is 2.36. The monoisotopic (exact) mass is 371 g/mol. The van der Waals surface area contributed by atoms with Gasteiger partial charge in [-0.05, 0) is 55.0 Å². The lowest BCUT2D eigenvalue weighted by atomic mass is 10.1. The van der Waals surface area contributed by atoms with Crippen LogP contribution in [-0.4, -0.2) is 26.1 Å². The van der Waals surface area contributed by atoms with Crippen LogP contribution in [0.5, 0.6) is 17.2 Å². The van der Waals surface area contributed by atoms with E-state index in [1.54, 1.807) is 42.5 Å². The zero-order chi connectivity index (χ0) is 18.9. The van der Waals surface area contributed by atoms with Gasteiger partial charge in [0.2, 0.25) is 0 Å². The van der Waals surface area contributed by atoms with Gasteiger partial charge in [0.1, 0.15) is 11.8 Å². The first kappa shape index (κ1) is 19.4. The number of ketones is 1. The van der Waals surface area contributed by atoms with Crippen LogP contribution in [0.1, 0.15) is 22.8 Å². The molecule has 2 aromatic rings. The number of allylic oxidation sites excluding steroid dienone is 1.